The van der Waals surface area contributed by atoms with Gasteiger partial charge in [0.1, 0.15) is 5.60 Å². The molecule has 0 saturated heterocycles. The van der Waals surface area contributed by atoms with Crippen molar-refractivity contribution < 1.29 is 9.53 Å². The molecule has 0 bridgehead atoms. The molecule has 0 aliphatic carbocycles. The van der Waals surface area contributed by atoms with Crippen molar-refractivity contribution in [3.8, 4) is 12.3 Å². The van der Waals surface area contributed by atoms with E-state index in [0.29, 0.717) is 12.3 Å². The molecule has 0 aliphatic heterocycles. The molecule has 1 aromatic carbocycles. The van der Waals surface area contributed by atoms with Gasteiger partial charge in [0, 0.05) is 12.0 Å². The predicted octanol–water partition coefficient (Wildman–Crippen LogP) is 3.89. The van der Waals surface area contributed by atoms with Crippen molar-refractivity contribution in [3.05, 3.63) is 35.4 Å². The number of rotatable bonds is 4. The van der Waals surface area contributed by atoms with Crippen molar-refractivity contribution >= 4 is 5.97 Å². The fourth-order valence-electron chi connectivity index (χ4n) is 1.80. The van der Waals surface area contributed by atoms with Crippen LogP contribution >= 0.6 is 0 Å². The standard InChI is InChI=1S/C17H22O2/c1-6-14-8-10-15(11-9-14)13(2)7-12-16(18)19-17(3,4)5/h1,8-11,13H,7,12H2,2-5H3. The van der Waals surface area contributed by atoms with Gasteiger partial charge < -0.3 is 4.74 Å². The molecule has 19 heavy (non-hydrogen) atoms. The number of benzene rings is 1. The van der Waals surface area contributed by atoms with Crippen LogP contribution < -0.4 is 0 Å². The van der Waals surface area contributed by atoms with Gasteiger partial charge in [0.05, 0.1) is 0 Å². The molecule has 0 aromatic heterocycles. The highest BCUT2D eigenvalue weighted by Gasteiger charge is 2.17. The van der Waals surface area contributed by atoms with Crippen LogP contribution in [0.4, 0.5) is 0 Å². The van der Waals surface area contributed by atoms with Crippen LogP contribution in [0.3, 0.4) is 0 Å². The molecule has 102 valence electrons. The molecule has 1 aromatic rings. The van der Waals surface area contributed by atoms with E-state index in [2.05, 4.69) is 12.8 Å². The summed E-state index contributed by atoms with van der Waals surface area (Å²) in [5, 5.41) is 0. The smallest absolute Gasteiger partial charge is 0.306 e. The number of esters is 1. The lowest BCUT2D eigenvalue weighted by Gasteiger charge is -2.20. The zero-order valence-electron chi connectivity index (χ0n) is 12.2. The van der Waals surface area contributed by atoms with Crippen LogP contribution in [-0.2, 0) is 9.53 Å². The van der Waals surface area contributed by atoms with E-state index in [4.69, 9.17) is 11.2 Å². The minimum Gasteiger partial charge on any atom is -0.460 e. The van der Waals surface area contributed by atoms with Gasteiger partial charge in [-0.25, -0.2) is 0 Å². The van der Waals surface area contributed by atoms with Gasteiger partial charge in [0.25, 0.3) is 0 Å². The van der Waals surface area contributed by atoms with Gasteiger partial charge >= 0.3 is 5.97 Å². The summed E-state index contributed by atoms with van der Waals surface area (Å²) < 4.78 is 5.30. The van der Waals surface area contributed by atoms with Crippen molar-refractivity contribution in [2.24, 2.45) is 0 Å². The molecule has 0 fully saturated rings. The molecule has 0 spiro atoms. The molecular weight excluding hydrogens is 236 g/mol. The van der Waals surface area contributed by atoms with Gasteiger partial charge in [0.2, 0.25) is 0 Å². The number of hydrogen-bond acceptors (Lipinski definition) is 2. The van der Waals surface area contributed by atoms with Gasteiger partial charge in [-0.3, -0.25) is 4.79 Å². The third-order valence-electron chi connectivity index (χ3n) is 2.85. The Morgan fingerprint density at radius 3 is 2.37 bits per heavy atom. The summed E-state index contributed by atoms with van der Waals surface area (Å²) in [7, 11) is 0. The minimum atomic E-state index is -0.408. The lowest BCUT2D eigenvalue weighted by molar-refractivity contribution is -0.155. The monoisotopic (exact) mass is 258 g/mol. The molecule has 0 heterocycles. The van der Waals surface area contributed by atoms with Crippen LogP contribution in [0.2, 0.25) is 0 Å². The first-order chi connectivity index (χ1) is 8.81. The largest absolute Gasteiger partial charge is 0.460 e. The first kappa shape index (κ1) is 15.3. The Bertz CT molecular complexity index is 458. The van der Waals surface area contributed by atoms with E-state index in [9.17, 15) is 4.79 Å². The molecule has 0 saturated carbocycles. The summed E-state index contributed by atoms with van der Waals surface area (Å²) in [6, 6.07) is 7.91. The summed E-state index contributed by atoms with van der Waals surface area (Å²) in [4.78, 5) is 11.6. The second-order valence-electron chi connectivity index (χ2n) is 5.79. The van der Waals surface area contributed by atoms with E-state index in [1.165, 1.54) is 5.56 Å². The maximum absolute atomic E-state index is 11.6. The molecule has 1 unspecified atom stereocenters. The molecule has 2 nitrogen and oxygen atoms in total. The number of hydrogen-bond donors (Lipinski definition) is 0. The Hall–Kier alpha value is -1.75. The van der Waals surface area contributed by atoms with Crippen LogP contribution in [0.15, 0.2) is 24.3 Å². The second kappa shape index (κ2) is 6.43. The average molecular weight is 258 g/mol. The van der Waals surface area contributed by atoms with E-state index in [-0.39, 0.29) is 5.97 Å². The fraction of sp³-hybridized carbons (Fsp3) is 0.471. The maximum atomic E-state index is 11.6. The van der Waals surface area contributed by atoms with E-state index < -0.39 is 5.60 Å². The number of terminal acetylenes is 1. The topological polar surface area (TPSA) is 26.3 Å². The molecule has 2 heteroatoms. The highest BCUT2D eigenvalue weighted by molar-refractivity contribution is 5.69. The fourth-order valence-corrected chi connectivity index (χ4v) is 1.80. The summed E-state index contributed by atoms with van der Waals surface area (Å²) >= 11 is 0. The maximum Gasteiger partial charge on any atom is 0.306 e. The van der Waals surface area contributed by atoms with Crippen LogP contribution in [0.5, 0.6) is 0 Å². The van der Waals surface area contributed by atoms with E-state index in [0.717, 1.165) is 12.0 Å². The van der Waals surface area contributed by atoms with Crippen LogP contribution in [0.1, 0.15) is 57.6 Å². The molecule has 1 rings (SSSR count). The van der Waals surface area contributed by atoms with Crippen LogP contribution in [0, 0.1) is 12.3 Å². The summed E-state index contributed by atoms with van der Waals surface area (Å²) in [5.41, 5.74) is 1.67. The highest BCUT2D eigenvalue weighted by atomic mass is 16.6. The first-order valence-corrected chi connectivity index (χ1v) is 6.60. The summed E-state index contributed by atoms with van der Waals surface area (Å²) in [6.07, 6.45) is 6.54. The van der Waals surface area contributed by atoms with Crippen molar-refractivity contribution in [1.82, 2.24) is 0 Å². The Kier molecular flexibility index (Phi) is 5.18. The van der Waals surface area contributed by atoms with Gasteiger partial charge in [-0.05, 0) is 50.8 Å². The lowest BCUT2D eigenvalue weighted by Crippen LogP contribution is -2.23. The van der Waals surface area contributed by atoms with E-state index >= 15 is 0 Å². The Morgan fingerprint density at radius 2 is 1.89 bits per heavy atom. The Balaban J connectivity index is 2.49. The van der Waals surface area contributed by atoms with Crippen LogP contribution in [-0.4, -0.2) is 11.6 Å². The third kappa shape index (κ3) is 5.61. The molecule has 0 aliphatic rings. The van der Waals surface area contributed by atoms with Crippen molar-refractivity contribution in [1.29, 1.82) is 0 Å². The SMILES string of the molecule is C#Cc1ccc(C(C)CCC(=O)OC(C)(C)C)cc1. The minimum absolute atomic E-state index is 0.139. The van der Waals surface area contributed by atoms with Crippen LogP contribution in [0.25, 0.3) is 0 Å². The molecule has 0 N–H and O–H groups in total. The zero-order chi connectivity index (χ0) is 14.5. The molecule has 0 amide bonds. The normalized spacial score (nSPS) is 12.6. The molecule has 1 atom stereocenters. The number of carbonyl (C=O) groups is 1. The highest BCUT2D eigenvalue weighted by Crippen LogP contribution is 2.22. The number of ether oxygens (including phenoxy) is 1. The van der Waals surface area contributed by atoms with Gasteiger partial charge in [-0.15, -0.1) is 6.42 Å². The number of carbonyl (C=O) groups excluding carboxylic acids is 1. The lowest BCUT2D eigenvalue weighted by atomic mass is 9.95. The quantitative estimate of drug-likeness (QED) is 0.605. The zero-order valence-corrected chi connectivity index (χ0v) is 12.2. The predicted molar refractivity (Wildman–Crippen MR) is 77.9 cm³/mol. The molecular formula is C17H22O2. The Morgan fingerprint density at radius 1 is 1.32 bits per heavy atom. The van der Waals surface area contributed by atoms with Gasteiger partial charge in [0.15, 0.2) is 0 Å². The molecule has 0 radical (unpaired) electrons. The van der Waals surface area contributed by atoms with Gasteiger partial charge in [-0.2, -0.15) is 0 Å². The Labute approximate surface area is 116 Å². The van der Waals surface area contributed by atoms with Crippen molar-refractivity contribution in [2.75, 3.05) is 0 Å². The third-order valence-corrected chi connectivity index (χ3v) is 2.85. The van der Waals surface area contributed by atoms with Gasteiger partial charge in [-0.1, -0.05) is 25.0 Å². The van der Waals surface area contributed by atoms with Crippen molar-refractivity contribution in [3.63, 3.8) is 0 Å². The average Bonchev–Trinajstić information content (AvgIpc) is 2.34. The van der Waals surface area contributed by atoms with Crippen molar-refractivity contribution in [2.45, 2.75) is 52.1 Å². The second-order valence-corrected chi connectivity index (χ2v) is 5.79. The summed E-state index contributed by atoms with van der Waals surface area (Å²) in [6.45, 7) is 7.75. The van der Waals surface area contributed by atoms with E-state index in [1.54, 1.807) is 0 Å². The first-order valence-electron chi connectivity index (χ1n) is 6.60. The summed E-state index contributed by atoms with van der Waals surface area (Å²) in [5.74, 6) is 2.77. The van der Waals surface area contributed by atoms with E-state index in [1.807, 2.05) is 45.0 Å².